The molecule has 5 heteroatoms. The highest BCUT2D eigenvalue weighted by molar-refractivity contribution is 6.32. The van der Waals surface area contributed by atoms with E-state index in [1.807, 2.05) is 12.1 Å². The average Bonchev–Trinajstić information content (AvgIpc) is 2.43. The van der Waals surface area contributed by atoms with E-state index < -0.39 is 0 Å². The number of nitrogens with one attached hydrogen (secondary N) is 1. The van der Waals surface area contributed by atoms with Gasteiger partial charge in [-0.25, -0.2) is 4.98 Å². The first-order valence-corrected chi connectivity index (χ1v) is 8.21. The Labute approximate surface area is 131 Å². The van der Waals surface area contributed by atoms with Gasteiger partial charge in [-0.3, -0.25) is 4.90 Å². The second kappa shape index (κ2) is 8.18. The second-order valence-corrected chi connectivity index (χ2v) is 6.21. The van der Waals surface area contributed by atoms with Crippen LogP contribution in [0.3, 0.4) is 0 Å². The molecule has 0 bridgehead atoms. The average molecular weight is 316 g/mol. The van der Waals surface area contributed by atoms with Crippen LogP contribution in [0.2, 0.25) is 10.3 Å². The number of hydrogen-bond donors (Lipinski definition) is 1. The fourth-order valence-corrected chi connectivity index (χ4v) is 3.15. The van der Waals surface area contributed by atoms with E-state index in [4.69, 9.17) is 23.2 Å². The maximum atomic E-state index is 6.18. The molecular formula is C15H23Cl2N3. The van der Waals surface area contributed by atoms with Crippen molar-refractivity contribution in [2.45, 2.75) is 45.2 Å². The number of pyridine rings is 1. The van der Waals surface area contributed by atoms with Gasteiger partial charge < -0.3 is 5.32 Å². The van der Waals surface area contributed by atoms with Crippen LogP contribution in [-0.2, 0) is 6.54 Å². The smallest absolute Gasteiger partial charge is 0.135 e. The topological polar surface area (TPSA) is 28.2 Å². The van der Waals surface area contributed by atoms with Crippen LogP contribution < -0.4 is 5.32 Å². The van der Waals surface area contributed by atoms with Gasteiger partial charge in [0, 0.05) is 24.7 Å². The second-order valence-electron chi connectivity index (χ2n) is 5.47. The number of halogens is 2. The highest BCUT2D eigenvalue weighted by Crippen LogP contribution is 2.19. The van der Waals surface area contributed by atoms with E-state index in [0.29, 0.717) is 16.3 Å². The van der Waals surface area contributed by atoms with Gasteiger partial charge in [-0.15, -0.1) is 0 Å². The zero-order valence-electron chi connectivity index (χ0n) is 12.0. The van der Waals surface area contributed by atoms with E-state index in [1.54, 1.807) is 0 Å². The van der Waals surface area contributed by atoms with Crippen LogP contribution in [0, 0.1) is 0 Å². The number of hydrogen-bond acceptors (Lipinski definition) is 3. The number of nitrogens with zero attached hydrogens (tertiary/aromatic N) is 2. The van der Waals surface area contributed by atoms with Crippen LogP contribution in [0.4, 0.5) is 0 Å². The summed E-state index contributed by atoms with van der Waals surface area (Å²) >= 11 is 12.0. The van der Waals surface area contributed by atoms with Crippen LogP contribution in [-0.4, -0.2) is 35.6 Å². The van der Waals surface area contributed by atoms with Gasteiger partial charge in [0.2, 0.25) is 0 Å². The minimum atomic E-state index is 0.453. The third-order valence-corrected chi connectivity index (χ3v) is 4.25. The lowest BCUT2D eigenvalue weighted by Gasteiger charge is -2.30. The molecule has 2 rings (SSSR count). The van der Waals surface area contributed by atoms with Gasteiger partial charge in [0.05, 0.1) is 0 Å². The zero-order chi connectivity index (χ0) is 14.4. The molecule has 1 atom stereocenters. The molecule has 1 aromatic rings. The van der Waals surface area contributed by atoms with Gasteiger partial charge in [-0.2, -0.15) is 0 Å². The third kappa shape index (κ3) is 4.88. The van der Waals surface area contributed by atoms with Crippen LogP contribution in [0.5, 0.6) is 0 Å². The molecular weight excluding hydrogens is 293 g/mol. The Morgan fingerprint density at radius 3 is 2.85 bits per heavy atom. The number of piperidine rings is 1. The van der Waals surface area contributed by atoms with Gasteiger partial charge in [0.25, 0.3) is 0 Å². The van der Waals surface area contributed by atoms with E-state index in [9.17, 15) is 0 Å². The Kier molecular flexibility index (Phi) is 6.56. The molecule has 1 unspecified atom stereocenters. The Morgan fingerprint density at radius 1 is 1.35 bits per heavy atom. The van der Waals surface area contributed by atoms with Crippen LogP contribution in [0.1, 0.15) is 38.2 Å². The van der Waals surface area contributed by atoms with Gasteiger partial charge in [-0.05, 0) is 38.4 Å². The Balaban J connectivity index is 1.96. The number of aromatic nitrogens is 1. The van der Waals surface area contributed by atoms with Crippen molar-refractivity contribution in [2.24, 2.45) is 0 Å². The maximum absolute atomic E-state index is 6.18. The van der Waals surface area contributed by atoms with Crippen molar-refractivity contribution in [1.82, 2.24) is 15.2 Å². The Morgan fingerprint density at radius 2 is 2.20 bits per heavy atom. The molecule has 0 spiro atoms. The molecule has 1 saturated heterocycles. The van der Waals surface area contributed by atoms with Crippen molar-refractivity contribution in [3.63, 3.8) is 0 Å². The molecule has 0 amide bonds. The summed E-state index contributed by atoms with van der Waals surface area (Å²) in [6.45, 7) is 6.36. The van der Waals surface area contributed by atoms with E-state index in [0.717, 1.165) is 38.2 Å². The minimum Gasteiger partial charge on any atom is -0.313 e. The van der Waals surface area contributed by atoms with E-state index in [-0.39, 0.29) is 0 Å². The van der Waals surface area contributed by atoms with E-state index in [2.05, 4.69) is 22.1 Å². The van der Waals surface area contributed by atoms with Gasteiger partial charge in [-0.1, -0.05) is 42.6 Å². The zero-order valence-corrected chi connectivity index (χ0v) is 13.6. The summed E-state index contributed by atoms with van der Waals surface area (Å²) in [5.74, 6) is 0. The summed E-state index contributed by atoms with van der Waals surface area (Å²) in [4.78, 5) is 6.58. The molecule has 1 fully saturated rings. The molecule has 0 saturated carbocycles. The lowest BCUT2D eigenvalue weighted by molar-refractivity contribution is 0.217. The van der Waals surface area contributed by atoms with Gasteiger partial charge in [0.1, 0.15) is 10.3 Å². The van der Waals surface area contributed by atoms with Crippen molar-refractivity contribution >= 4 is 23.2 Å². The lowest BCUT2D eigenvalue weighted by atomic mass is 10.0. The van der Waals surface area contributed by atoms with Crippen LogP contribution in [0.15, 0.2) is 12.1 Å². The summed E-state index contributed by atoms with van der Waals surface area (Å²) in [5.41, 5.74) is 1.06. The van der Waals surface area contributed by atoms with Crippen molar-refractivity contribution in [2.75, 3.05) is 19.6 Å². The fraction of sp³-hybridized carbons (Fsp3) is 0.667. The monoisotopic (exact) mass is 315 g/mol. The largest absolute Gasteiger partial charge is 0.313 e. The highest BCUT2D eigenvalue weighted by atomic mass is 35.5. The Hall–Kier alpha value is -0.350. The van der Waals surface area contributed by atoms with E-state index in [1.165, 1.54) is 19.3 Å². The molecule has 112 valence electrons. The summed E-state index contributed by atoms with van der Waals surface area (Å²) in [6, 6.07) is 4.40. The minimum absolute atomic E-state index is 0.453. The summed E-state index contributed by atoms with van der Waals surface area (Å²) in [6.07, 6.45) is 5.05. The fourth-order valence-electron chi connectivity index (χ4n) is 2.74. The molecule has 1 aromatic heterocycles. The van der Waals surface area contributed by atoms with Crippen molar-refractivity contribution in [3.05, 3.63) is 28.0 Å². The van der Waals surface area contributed by atoms with Gasteiger partial charge in [0.15, 0.2) is 0 Å². The van der Waals surface area contributed by atoms with Gasteiger partial charge >= 0.3 is 0 Å². The molecule has 0 aromatic carbocycles. The third-order valence-electron chi connectivity index (χ3n) is 3.72. The quantitative estimate of drug-likeness (QED) is 0.810. The molecule has 2 heterocycles. The predicted octanol–water partition coefficient (Wildman–Crippen LogP) is 3.74. The van der Waals surface area contributed by atoms with Crippen LogP contribution >= 0.6 is 23.2 Å². The standard InChI is InChI=1S/C15H23Cl2N3/c1-2-9-20(11-13-5-3-4-8-18-13)10-12-6-7-14(16)19-15(12)17/h6-7,13,18H,2-5,8-11H2,1H3. The highest BCUT2D eigenvalue weighted by Gasteiger charge is 2.17. The molecule has 0 radical (unpaired) electrons. The predicted molar refractivity (Wildman–Crippen MR) is 85.5 cm³/mol. The molecule has 1 aliphatic rings. The first-order valence-electron chi connectivity index (χ1n) is 7.45. The molecule has 1 aliphatic heterocycles. The first kappa shape index (κ1) is 16.0. The Bertz CT molecular complexity index is 420. The number of rotatable bonds is 6. The van der Waals surface area contributed by atoms with Crippen molar-refractivity contribution in [3.8, 4) is 0 Å². The summed E-state index contributed by atoms with van der Waals surface area (Å²) in [7, 11) is 0. The first-order chi connectivity index (χ1) is 9.69. The molecule has 20 heavy (non-hydrogen) atoms. The lowest BCUT2D eigenvalue weighted by Crippen LogP contribution is -2.43. The normalized spacial score (nSPS) is 19.5. The maximum Gasteiger partial charge on any atom is 0.135 e. The molecule has 0 aliphatic carbocycles. The summed E-state index contributed by atoms with van der Waals surface area (Å²) < 4.78 is 0. The van der Waals surface area contributed by atoms with Crippen molar-refractivity contribution < 1.29 is 0 Å². The molecule has 1 N–H and O–H groups in total. The SMILES string of the molecule is CCCN(Cc1ccc(Cl)nc1Cl)CC1CCCCN1. The van der Waals surface area contributed by atoms with Crippen molar-refractivity contribution in [1.29, 1.82) is 0 Å². The van der Waals surface area contributed by atoms with E-state index >= 15 is 0 Å². The summed E-state index contributed by atoms with van der Waals surface area (Å²) in [5, 5.41) is 4.58. The molecule has 3 nitrogen and oxygen atoms in total. The van der Waals surface area contributed by atoms with Crippen LogP contribution in [0.25, 0.3) is 0 Å².